The average molecular weight is 203 g/mol. The highest BCUT2D eigenvalue weighted by Gasteiger charge is 1.97. The van der Waals surface area contributed by atoms with E-state index in [0.29, 0.717) is 0 Å². The summed E-state index contributed by atoms with van der Waals surface area (Å²) < 4.78 is 0. The Kier molecular flexibility index (Phi) is 3.67. The number of carbonyl (C=O) groups excluding carboxylic acids is 1. The number of amides is 1. The van der Waals surface area contributed by atoms with Crippen molar-refractivity contribution in [2.75, 3.05) is 14.1 Å². The Morgan fingerprint density at radius 1 is 1.20 bits per heavy atom. The van der Waals surface area contributed by atoms with E-state index in [0.717, 1.165) is 5.56 Å². The van der Waals surface area contributed by atoms with E-state index in [4.69, 9.17) is 0 Å². The molecular formula is C13H17NO. The summed E-state index contributed by atoms with van der Waals surface area (Å²) in [5.41, 5.74) is 3.58. The van der Waals surface area contributed by atoms with Gasteiger partial charge in [0.15, 0.2) is 0 Å². The van der Waals surface area contributed by atoms with Crippen LogP contribution in [-0.2, 0) is 4.79 Å². The fourth-order valence-corrected chi connectivity index (χ4v) is 1.18. The number of hydrogen-bond donors (Lipinski definition) is 0. The zero-order chi connectivity index (χ0) is 11.4. The van der Waals surface area contributed by atoms with Crippen LogP contribution in [-0.4, -0.2) is 24.9 Å². The molecule has 0 aliphatic rings. The summed E-state index contributed by atoms with van der Waals surface area (Å²) in [6.07, 6.45) is 3.43. The highest BCUT2D eigenvalue weighted by Crippen LogP contribution is 2.11. The smallest absolute Gasteiger partial charge is 0.246 e. The Hall–Kier alpha value is -1.57. The van der Waals surface area contributed by atoms with Crippen LogP contribution in [0, 0.1) is 13.8 Å². The molecular weight excluding hydrogens is 186 g/mol. The summed E-state index contributed by atoms with van der Waals surface area (Å²) in [5.74, 6) is 0.00762. The molecule has 0 aromatic heterocycles. The first-order valence-corrected chi connectivity index (χ1v) is 4.97. The minimum absolute atomic E-state index is 0.00762. The molecule has 0 atom stereocenters. The number of aryl methyl sites for hydroxylation is 2. The molecule has 0 bridgehead atoms. The molecule has 0 unspecified atom stereocenters. The monoisotopic (exact) mass is 203 g/mol. The third kappa shape index (κ3) is 3.24. The Balaban J connectivity index is 2.81. The molecule has 80 valence electrons. The lowest BCUT2D eigenvalue weighted by atomic mass is 10.1. The zero-order valence-electron chi connectivity index (χ0n) is 9.74. The topological polar surface area (TPSA) is 20.3 Å². The van der Waals surface area contributed by atoms with Crippen molar-refractivity contribution < 1.29 is 4.79 Å². The molecule has 2 heteroatoms. The minimum Gasteiger partial charge on any atom is -0.345 e. The summed E-state index contributed by atoms with van der Waals surface area (Å²) in [6, 6.07) is 6.16. The normalized spacial score (nSPS) is 10.7. The first-order valence-electron chi connectivity index (χ1n) is 4.97. The molecule has 2 nitrogen and oxygen atoms in total. The van der Waals surface area contributed by atoms with Crippen LogP contribution in [0.3, 0.4) is 0 Å². The van der Waals surface area contributed by atoms with Crippen molar-refractivity contribution in [2.24, 2.45) is 0 Å². The first kappa shape index (κ1) is 11.5. The number of hydrogen-bond acceptors (Lipinski definition) is 1. The van der Waals surface area contributed by atoms with Crippen molar-refractivity contribution in [3.05, 3.63) is 41.0 Å². The van der Waals surface area contributed by atoms with E-state index in [-0.39, 0.29) is 5.91 Å². The van der Waals surface area contributed by atoms with Gasteiger partial charge in [-0.25, -0.2) is 0 Å². The molecule has 0 aliphatic carbocycles. The summed E-state index contributed by atoms with van der Waals surface area (Å²) in [7, 11) is 3.49. The van der Waals surface area contributed by atoms with Crippen molar-refractivity contribution in [1.82, 2.24) is 4.90 Å². The number of rotatable bonds is 2. The van der Waals surface area contributed by atoms with Gasteiger partial charge in [0.05, 0.1) is 0 Å². The maximum Gasteiger partial charge on any atom is 0.246 e. The van der Waals surface area contributed by atoms with E-state index in [1.165, 1.54) is 11.1 Å². The van der Waals surface area contributed by atoms with Crippen LogP contribution >= 0.6 is 0 Å². The van der Waals surface area contributed by atoms with Crippen LogP contribution in [0.2, 0.25) is 0 Å². The number of nitrogens with zero attached hydrogens (tertiary/aromatic N) is 1. The van der Waals surface area contributed by atoms with Crippen molar-refractivity contribution in [1.29, 1.82) is 0 Å². The standard InChI is InChI=1S/C13H17NO/c1-10-5-6-12(9-11(10)2)7-8-13(15)14(3)4/h5-9H,1-4H3/b8-7+. The molecule has 0 N–H and O–H groups in total. The maximum absolute atomic E-state index is 11.3. The fraction of sp³-hybridized carbons (Fsp3) is 0.308. The Morgan fingerprint density at radius 3 is 2.40 bits per heavy atom. The summed E-state index contributed by atoms with van der Waals surface area (Å²) in [4.78, 5) is 12.9. The highest BCUT2D eigenvalue weighted by atomic mass is 16.2. The second-order valence-electron chi connectivity index (χ2n) is 3.91. The average Bonchev–Trinajstić information content (AvgIpc) is 2.19. The Morgan fingerprint density at radius 2 is 1.87 bits per heavy atom. The third-order valence-electron chi connectivity index (χ3n) is 2.39. The SMILES string of the molecule is Cc1ccc(/C=C/C(=O)N(C)C)cc1C. The van der Waals surface area contributed by atoms with Crippen LogP contribution in [0.15, 0.2) is 24.3 Å². The molecule has 0 fully saturated rings. The van der Waals surface area contributed by atoms with Gasteiger partial charge in [-0.1, -0.05) is 18.2 Å². The molecule has 0 spiro atoms. The van der Waals surface area contributed by atoms with Crippen molar-refractivity contribution in [2.45, 2.75) is 13.8 Å². The second-order valence-corrected chi connectivity index (χ2v) is 3.91. The van der Waals surface area contributed by atoms with E-state index in [1.807, 2.05) is 12.1 Å². The summed E-state index contributed by atoms with van der Waals surface area (Å²) >= 11 is 0. The van der Waals surface area contributed by atoms with Gasteiger partial charge in [0.25, 0.3) is 0 Å². The third-order valence-corrected chi connectivity index (χ3v) is 2.39. The Labute approximate surface area is 91.2 Å². The van der Waals surface area contributed by atoms with Gasteiger partial charge in [0.2, 0.25) is 5.91 Å². The van der Waals surface area contributed by atoms with Gasteiger partial charge in [0, 0.05) is 20.2 Å². The van der Waals surface area contributed by atoms with Crippen LogP contribution in [0.25, 0.3) is 6.08 Å². The molecule has 1 aromatic rings. The predicted octanol–water partition coefficient (Wildman–Crippen LogP) is 2.40. The molecule has 0 heterocycles. The van der Waals surface area contributed by atoms with Crippen molar-refractivity contribution >= 4 is 12.0 Å². The van der Waals surface area contributed by atoms with Gasteiger partial charge in [-0.15, -0.1) is 0 Å². The lowest BCUT2D eigenvalue weighted by Crippen LogP contribution is -2.18. The number of likely N-dealkylation sites (N-methyl/N-ethyl adjacent to an activating group) is 1. The van der Waals surface area contributed by atoms with E-state index in [9.17, 15) is 4.79 Å². The molecule has 0 radical (unpaired) electrons. The zero-order valence-corrected chi connectivity index (χ0v) is 9.74. The van der Waals surface area contributed by atoms with E-state index >= 15 is 0 Å². The maximum atomic E-state index is 11.3. The largest absolute Gasteiger partial charge is 0.345 e. The van der Waals surface area contributed by atoms with Crippen LogP contribution in [0.1, 0.15) is 16.7 Å². The molecule has 15 heavy (non-hydrogen) atoms. The number of benzene rings is 1. The lowest BCUT2D eigenvalue weighted by molar-refractivity contribution is -0.123. The van der Waals surface area contributed by atoms with Crippen molar-refractivity contribution in [3.8, 4) is 0 Å². The van der Waals surface area contributed by atoms with E-state index in [2.05, 4.69) is 26.0 Å². The fourth-order valence-electron chi connectivity index (χ4n) is 1.18. The van der Waals surface area contributed by atoms with Gasteiger partial charge in [0.1, 0.15) is 0 Å². The molecule has 0 saturated heterocycles. The van der Waals surface area contributed by atoms with Gasteiger partial charge in [-0.05, 0) is 36.6 Å². The quantitative estimate of drug-likeness (QED) is 0.676. The summed E-state index contributed by atoms with van der Waals surface area (Å²) in [5, 5.41) is 0. The first-order chi connectivity index (χ1) is 7.00. The molecule has 1 amide bonds. The van der Waals surface area contributed by atoms with Gasteiger partial charge in [-0.2, -0.15) is 0 Å². The molecule has 0 aliphatic heterocycles. The summed E-state index contributed by atoms with van der Waals surface area (Å²) in [6.45, 7) is 4.15. The highest BCUT2D eigenvalue weighted by molar-refractivity contribution is 5.91. The molecule has 0 saturated carbocycles. The van der Waals surface area contributed by atoms with E-state index < -0.39 is 0 Å². The van der Waals surface area contributed by atoms with Crippen LogP contribution < -0.4 is 0 Å². The molecule has 1 aromatic carbocycles. The number of carbonyl (C=O) groups is 1. The minimum atomic E-state index is 0.00762. The second kappa shape index (κ2) is 4.78. The van der Waals surface area contributed by atoms with Crippen LogP contribution in [0.5, 0.6) is 0 Å². The van der Waals surface area contributed by atoms with E-state index in [1.54, 1.807) is 25.1 Å². The van der Waals surface area contributed by atoms with Gasteiger partial charge < -0.3 is 4.90 Å². The Bertz CT molecular complexity index is 392. The van der Waals surface area contributed by atoms with Gasteiger partial charge >= 0.3 is 0 Å². The predicted molar refractivity (Wildman–Crippen MR) is 63.6 cm³/mol. The van der Waals surface area contributed by atoms with Crippen LogP contribution in [0.4, 0.5) is 0 Å². The lowest BCUT2D eigenvalue weighted by Gasteiger charge is -2.05. The van der Waals surface area contributed by atoms with Crippen molar-refractivity contribution in [3.63, 3.8) is 0 Å². The molecule has 1 rings (SSSR count). The van der Waals surface area contributed by atoms with Gasteiger partial charge in [-0.3, -0.25) is 4.79 Å².